The van der Waals surface area contributed by atoms with Crippen LogP contribution in [0.5, 0.6) is 5.75 Å². The Hall–Kier alpha value is -1.09. The molecule has 1 rings (SSSR count). The monoisotopic (exact) mass is 236 g/mol. The summed E-state index contributed by atoms with van der Waals surface area (Å²) in [6, 6.07) is 2.34. The molecule has 0 saturated carbocycles. The Bertz CT molecular complexity index is 355. The third-order valence-electron chi connectivity index (χ3n) is 2.59. The standard InChI is InChI=1S/C14H24N2O/c1-10(2)17-12-7-11(8-16-9-12)13(15-6)14(3,4)5/h7-10,13,15H,1-6H3. The van der Waals surface area contributed by atoms with Crippen molar-refractivity contribution in [2.75, 3.05) is 7.05 Å². The average Bonchev–Trinajstić information content (AvgIpc) is 2.15. The summed E-state index contributed by atoms with van der Waals surface area (Å²) in [5, 5.41) is 3.34. The molecule has 0 aliphatic rings. The SMILES string of the molecule is CNC(c1cncc(OC(C)C)c1)C(C)(C)C. The molecule has 0 saturated heterocycles. The molecule has 1 heterocycles. The molecule has 17 heavy (non-hydrogen) atoms. The third kappa shape index (κ3) is 4.00. The molecule has 3 nitrogen and oxygen atoms in total. The molecule has 1 aromatic heterocycles. The summed E-state index contributed by atoms with van der Waals surface area (Å²) >= 11 is 0. The first-order valence-corrected chi connectivity index (χ1v) is 6.13. The van der Waals surface area contributed by atoms with E-state index in [-0.39, 0.29) is 17.6 Å². The number of aromatic nitrogens is 1. The van der Waals surface area contributed by atoms with Gasteiger partial charge in [-0.1, -0.05) is 20.8 Å². The van der Waals surface area contributed by atoms with Crippen molar-refractivity contribution in [2.24, 2.45) is 5.41 Å². The maximum absolute atomic E-state index is 5.67. The lowest BCUT2D eigenvalue weighted by atomic mass is 9.83. The Morgan fingerprint density at radius 3 is 2.35 bits per heavy atom. The van der Waals surface area contributed by atoms with Crippen LogP contribution < -0.4 is 10.1 Å². The van der Waals surface area contributed by atoms with Gasteiger partial charge >= 0.3 is 0 Å². The van der Waals surface area contributed by atoms with Crippen molar-refractivity contribution in [2.45, 2.75) is 46.8 Å². The summed E-state index contributed by atoms with van der Waals surface area (Å²) in [4.78, 5) is 4.26. The zero-order valence-corrected chi connectivity index (χ0v) is 11.7. The lowest BCUT2D eigenvalue weighted by molar-refractivity contribution is 0.239. The minimum absolute atomic E-state index is 0.146. The smallest absolute Gasteiger partial charge is 0.138 e. The lowest BCUT2D eigenvalue weighted by Gasteiger charge is -2.30. The van der Waals surface area contributed by atoms with E-state index in [1.807, 2.05) is 27.1 Å². The van der Waals surface area contributed by atoms with Crippen molar-refractivity contribution < 1.29 is 4.74 Å². The molecule has 0 aliphatic carbocycles. The van der Waals surface area contributed by atoms with Crippen LogP contribution in [0.1, 0.15) is 46.2 Å². The van der Waals surface area contributed by atoms with E-state index in [4.69, 9.17) is 4.74 Å². The van der Waals surface area contributed by atoms with Gasteiger partial charge in [0.05, 0.1) is 12.3 Å². The van der Waals surface area contributed by atoms with Crippen LogP contribution in [0.3, 0.4) is 0 Å². The van der Waals surface area contributed by atoms with Crippen molar-refractivity contribution in [3.05, 3.63) is 24.0 Å². The van der Waals surface area contributed by atoms with Crippen LogP contribution in [0.25, 0.3) is 0 Å². The quantitative estimate of drug-likeness (QED) is 0.872. The molecule has 1 atom stereocenters. The molecule has 0 spiro atoms. The first-order chi connectivity index (χ1) is 7.84. The molecular weight excluding hydrogens is 212 g/mol. The second-order valence-corrected chi connectivity index (χ2v) is 5.71. The summed E-state index contributed by atoms with van der Waals surface area (Å²) < 4.78 is 5.67. The summed E-state index contributed by atoms with van der Waals surface area (Å²) in [5.74, 6) is 0.835. The lowest BCUT2D eigenvalue weighted by Crippen LogP contribution is -2.29. The van der Waals surface area contributed by atoms with Crippen molar-refractivity contribution >= 4 is 0 Å². The molecule has 0 aliphatic heterocycles. The van der Waals surface area contributed by atoms with Crippen molar-refractivity contribution in [3.63, 3.8) is 0 Å². The van der Waals surface area contributed by atoms with Gasteiger partial charge in [-0.25, -0.2) is 0 Å². The highest BCUT2D eigenvalue weighted by molar-refractivity contribution is 5.27. The maximum Gasteiger partial charge on any atom is 0.138 e. The third-order valence-corrected chi connectivity index (χ3v) is 2.59. The van der Waals surface area contributed by atoms with Gasteiger partial charge in [0, 0.05) is 12.2 Å². The Kier molecular flexibility index (Phi) is 4.52. The molecule has 0 fully saturated rings. The second-order valence-electron chi connectivity index (χ2n) is 5.71. The summed E-state index contributed by atoms with van der Waals surface area (Å²) in [7, 11) is 1.98. The normalized spacial score (nSPS) is 13.8. The topological polar surface area (TPSA) is 34.2 Å². The molecule has 3 heteroatoms. The number of pyridine rings is 1. The Morgan fingerprint density at radius 2 is 1.88 bits per heavy atom. The Labute approximate surface area is 105 Å². The summed E-state index contributed by atoms with van der Waals surface area (Å²) in [6.45, 7) is 10.7. The van der Waals surface area contributed by atoms with Crippen LogP contribution in [-0.4, -0.2) is 18.1 Å². The van der Waals surface area contributed by atoms with Gasteiger partial charge in [0.15, 0.2) is 0 Å². The highest BCUT2D eigenvalue weighted by Crippen LogP contribution is 2.33. The minimum Gasteiger partial charge on any atom is -0.489 e. The Balaban J connectivity index is 2.97. The first kappa shape index (κ1) is 14.0. The van der Waals surface area contributed by atoms with Gasteiger partial charge in [0.1, 0.15) is 5.75 Å². The van der Waals surface area contributed by atoms with Gasteiger partial charge in [0.2, 0.25) is 0 Å². The van der Waals surface area contributed by atoms with Gasteiger partial charge in [0.25, 0.3) is 0 Å². The molecule has 1 aromatic rings. The van der Waals surface area contributed by atoms with Crippen LogP contribution in [0.4, 0.5) is 0 Å². The minimum atomic E-state index is 0.146. The van der Waals surface area contributed by atoms with Crippen molar-refractivity contribution in [1.82, 2.24) is 10.3 Å². The van der Waals surface area contributed by atoms with E-state index in [2.05, 4.69) is 37.1 Å². The molecular formula is C14H24N2O. The first-order valence-electron chi connectivity index (χ1n) is 6.13. The molecule has 96 valence electrons. The zero-order valence-electron chi connectivity index (χ0n) is 11.7. The fourth-order valence-electron chi connectivity index (χ4n) is 2.03. The molecule has 0 radical (unpaired) electrons. The van der Waals surface area contributed by atoms with Crippen molar-refractivity contribution in [3.8, 4) is 5.75 Å². The van der Waals surface area contributed by atoms with E-state index in [9.17, 15) is 0 Å². The van der Waals surface area contributed by atoms with Crippen LogP contribution in [-0.2, 0) is 0 Å². The average molecular weight is 236 g/mol. The molecule has 0 aromatic carbocycles. The molecule has 0 bridgehead atoms. The summed E-state index contributed by atoms with van der Waals surface area (Å²) in [5.41, 5.74) is 1.31. The number of hydrogen-bond donors (Lipinski definition) is 1. The Morgan fingerprint density at radius 1 is 1.24 bits per heavy atom. The second kappa shape index (κ2) is 5.50. The molecule has 0 amide bonds. The van der Waals surface area contributed by atoms with Crippen LogP contribution in [0, 0.1) is 5.41 Å². The largest absolute Gasteiger partial charge is 0.489 e. The zero-order chi connectivity index (χ0) is 13.1. The number of hydrogen-bond acceptors (Lipinski definition) is 3. The predicted molar refractivity (Wildman–Crippen MR) is 71.3 cm³/mol. The van der Waals surface area contributed by atoms with Gasteiger partial charge in [-0.05, 0) is 37.9 Å². The van der Waals surface area contributed by atoms with Crippen LogP contribution in [0.2, 0.25) is 0 Å². The van der Waals surface area contributed by atoms with E-state index >= 15 is 0 Å². The fourth-order valence-corrected chi connectivity index (χ4v) is 2.03. The highest BCUT2D eigenvalue weighted by Gasteiger charge is 2.25. The molecule has 1 unspecified atom stereocenters. The van der Waals surface area contributed by atoms with E-state index in [0.29, 0.717) is 0 Å². The van der Waals surface area contributed by atoms with Gasteiger partial charge in [-0.15, -0.1) is 0 Å². The summed E-state index contributed by atoms with van der Waals surface area (Å²) in [6.07, 6.45) is 3.84. The van der Waals surface area contributed by atoms with E-state index in [1.165, 1.54) is 0 Å². The van der Waals surface area contributed by atoms with Gasteiger partial charge < -0.3 is 10.1 Å². The fraction of sp³-hybridized carbons (Fsp3) is 0.643. The van der Waals surface area contributed by atoms with Crippen LogP contribution >= 0.6 is 0 Å². The number of ether oxygens (including phenoxy) is 1. The van der Waals surface area contributed by atoms with Crippen molar-refractivity contribution in [1.29, 1.82) is 0 Å². The number of rotatable bonds is 4. The number of nitrogens with zero attached hydrogens (tertiary/aromatic N) is 1. The number of nitrogens with one attached hydrogen (secondary N) is 1. The molecule has 1 N–H and O–H groups in total. The highest BCUT2D eigenvalue weighted by atomic mass is 16.5. The maximum atomic E-state index is 5.67. The van der Waals surface area contributed by atoms with Crippen LogP contribution in [0.15, 0.2) is 18.5 Å². The van der Waals surface area contributed by atoms with E-state index in [0.717, 1.165) is 11.3 Å². The van der Waals surface area contributed by atoms with E-state index < -0.39 is 0 Å². The van der Waals surface area contributed by atoms with E-state index in [1.54, 1.807) is 6.20 Å². The predicted octanol–water partition coefficient (Wildman–Crippen LogP) is 3.18. The van der Waals surface area contributed by atoms with Gasteiger partial charge in [-0.3, -0.25) is 4.98 Å². The van der Waals surface area contributed by atoms with Gasteiger partial charge in [-0.2, -0.15) is 0 Å².